The van der Waals surface area contributed by atoms with Crippen LogP contribution in [0.15, 0.2) is 54.6 Å². The van der Waals surface area contributed by atoms with Gasteiger partial charge in [0.25, 0.3) is 0 Å². The van der Waals surface area contributed by atoms with Crippen molar-refractivity contribution in [1.29, 1.82) is 0 Å². The molecule has 2 N–H and O–H groups in total. The molecule has 2 aliphatic rings. The maximum absolute atomic E-state index is 12.2. The van der Waals surface area contributed by atoms with E-state index in [1.165, 1.54) is 7.11 Å². The third-order valence-corrected chi connectivity index (χ3v) is 5.33. The van der Waals surface area contributed by atoms with Gasteiger partial charge < -0.3 is 15.2 Å². The molecular weight excluding hydrogens is 330 g/mol. The minimum atomic E-state index is -0.947. The average molecular weight is 349 g/mol. The Hall–Kier alpha value is -3.08. The second kappa shape index (κ2) is 6.33. The fourth-order valence-electron chi connectivity index (χ4n) is 4.17. The van der Waals surface area contributed by atoms with Crippen molar-refractivity contribution in [3.8, 4) is 0 Å². The highest BCUT2D eigenvalue weighted by atomic mass is 16.5. The van der Waals surface area contributed by atoms with Crippen molar-refractivity contribution in [1.82, 2.24) is 0 Å². The lowest BCUT2D eigenvalue weighted by Crippen LogP contribution is -2.31. The second-order valence-electron chi connectivity index (χ2n) is 6.63. The summed E-state index contributed by atoms with van der Waals surface area (Å²) in [6, 6.07) is 12.5. The predicted molar refractivity (Wildman–Crippen MR) is 97.5 cm³/mol. The highest BCUT2D eigenvalue weighted by molar-refractivity contribution is 5.97. The third kappa shape index (κ3) is 2.47. The molecule has 5 heteroatoms. The van der Waals surface area contributed by atoms with E-state index in [1.807, 2.05) is 24.3 Å². The molecule has 1 aliphatic heterocycles. The number of ether oxygens (including phenoxy) is 1. The molecule has 0 unspecified atom stereocenters. The molecule has 0 fully saturated rings. The smallest absolute Gasteiger partial charge is 0.339 e. The molecule has 0 aromatic heterocycles. The number of fused-ring (bicyclic) bond motifs is 3. The van der Waals surface area contributed by atoms with Gasteiger partial charge in [0.1, 0.15) is 0 Å². The Morgan fingerprint density at radius 3 is 2.58 bits per heavy atom. The van der Waals surface area contributed by atoms with Crippen LogP contribution in [0.25, 0.3) is 0 Å². The van der Waals surface area contributed by atoms with Gasteiger partial charge in [0.15, 0.2) is 0 Å². The van der Waals surface area contributed by atoms with E-state index < -0.39 is 11.9 Å². The van der Waals surface area contributed by atoms with Gasteiger partial charge in [0.05, 0.1) is 30.0 Å². The number of para-hydroxylation sites is 1. The SMILES string of the molecule is COC(=O)c1cccc2c1N[C@H](c1ccccc1C(=O)O)[C@@H]1CC=C[C@H]21. The Morgan fingerprint density at radius 1 is 1.08 bits per heavy atom. The summed E-state index contributed by atoms with van der Waals surface area (Å²) in [7, 11) is 1.36. The number of carbonyl (C=O) groups is 2. The Kier molecular flexibility index (Phi) is 3.99. The van der Waals surface area contributed by atoms with Crippen LogP contribution in [0.5, 0.6) is 0 Å². The third-order valence-electron chi connectivity index (χ3n) is 5.33. The van der Waals surface area contributed by atoms with Crippen molar-refractivity contribution in [2.75, 3.05) is 12.4 Å². The Bertz CT molecular complexity index is 918. The molecule has 1 aliphatic carbocycles. The summed E-state index contributed by atoms with van der Waals surface area (Å²) >= 11 is 0. The minimum Gasteiger partial charge on any atom is -0.478 e. The van der Waals surface area contributed by atoms with E-state index in [9.17, 15) is 14.7 Å². The van der Waals surface area contributed by atoms with E-state index in [1.54, 1.807) is 18.2 Å². The zero-order chi connectivity index (χ0) is 18.3. The van der Waals surface area contributed by atoms with Crippen LogP contribution in [0.4, 0.5) is 5.69 Å². The van der Waals surface area contributed by atoms with Crippen molar-refractivity contribution >= 4 is 17.6 Å². The van der Waals surface area contributed by atoms with Crippen LogP contribution in [-0.4, -0.2) is 24.2 Å². The van der Waals surface area contributed by atoms with Gasteiger partial charge in [-0.05, 0) is 35.6 Å². The number of carbonyl (C=O) groups excluding carboxylic acids is 1. The van der Waals surface area contributed by atoms with E-state index in [0.717, 1.165) is 23.2 Å². The summed E-state index contributed by atoms with van der Waals surface area (Å²) in [5.74, 6) is -1.00. The van der Waals surface area contributed by atoms with E-state index in [2.05, 4.69) is 17.5 Å². The number of anilines is 1. The number of aromatic carboxylic acids is 1. The second-order valence-corrected chi connectivity index (χ2v) is 6.63. The fraction of sp³-hybridized carbons (Fsp3) is 0.238. The van der Waals surface area contributed by atoms with Crippen LogP contribution in [-0.2, 0) is 4.74 Å². The molecule has 2 aromatic carbocycles. The molecule has 0 spiro atoms. The number of benzene rings is 2. The summed E-state index contributed by atoms with van der Waals surface area (Å²) in [5.41, 5.74) is 3.29. The number of allylic oxidation sites excluding steroid dienone is 2. The Morgan fingerprint density at radius 2 is 1.81 bits per heavy atom. The quantitative estimate of drug-likeness (QED) is 0.647. The lowest BCUT2D eigenvalue weighted by molar-refractivity contribution is 0.0600. The molecular formula is C21H19NO4. The fourth-order valence-corrected chi connectivity index (χ4v) is 4.17. The first-order chi connectivity index (χ1) is 12.6. The maximum atomic E-state index is 12.2. The topological polar surface area (TPSA) is 75.6 Å². The molecule has 5 nitrogen and oxygen atoms in total. The zero-order valence-electron chi connectivity index (χ0n) is 14.3. The molecule has 0 bridgehead atoms. The van der Waals surface area contributed by atoms with Gasteiger partial charge in [-0.2, -0.15) is 0 Å². The van der Waals surface area contributed by atoms with Crippen molar-refractivity contribution in [2.24, 2.45) is 5.92 Å². The molecule has 0 saturated heterocycles. The van der Waals surface area contributed by atoms with Crippen molar-refractivity contribution < 1.29 is 19.4 Å². The van der Waals surface area contributed by atoms with Crippen molar-refractivity contribution in [3.05, 3.63) is 76.9 Å². The monoisotopic (exact) mass is 349 g/mol. The van der Waals surface area contributed by atoms with Gasteiger partial charge in [-0.15, -0.1) is 0 Å². The van der Waals surface area contributed by atoms with Gasteiger partial charge in [-0.3, -0.25) is 0 Å². The summed E-state index contributed by atoms with van der Waals surface area (Å²) in [6.07, 6.45) is 5.15. The number of esters is 1. The normalized spacial score (nSPS) is 22.9. The highest BCUT2D eigenvalue weighted by Gasteiger charge is 2.40. The zero-order valence-corrected chi connectivity index (χ0v) is 14.3. The van der Waals surface area contributed by atoms with Gasteiger partial charge in [0.2, 0.25) is 0 Å². The first-order valence-electron chi connectivity index (χ1n) is 8.58. The van der Waals surface area contributed by atoms with Crippen LogP contribution >= 0.6 is 0 Å². The molecule has 2 aromatic rings. The van der Waals surface area contributed by atoms with E-state index in [-0.39, 0.29) is 23.4 Å². The van der Waals surface area contributed by atoms with Gasteiger partial charge in [-0.1, -0.05) is 42.5 Å². The van der Waals surface area contributed by atoms with Crippen LogP contribution in [0.3, 0.4) is 0 Å². The van der Waals surface area contributed by atoms with Crippen LogP contribution in [0.2, 0.25) is 0 Å². The number of nitrogens with one attached hydrogen (secondary N) is 1. The van der Waals surface area contributed by atoms with Crippen LogP contribution < -0.4 is 5.32 Å². The molecule has 0 saturated carbocycles. The minimum absolute atomic E-state index is 0.141. The van der Waals surface area contributed by atoms with Crippen molar-refractivity contribution in [3.63, 3.8) is 0 Å². The summed E-state index contributed by atoms with van der Waals surface area (Å²) in [4.78, 5) is 23.9. The van der Waals surface area contributed by atoms with Crippen LogP contribution in [0, 0.1) is 5.92 Å². The van der Waals surface area contributed by atoms with Crippen LogP contribution in [0.1, 0.15) is 50.2 Å². The highest BCUT2D eigenvalue weighted by Crippen LogP contribution is 2.51. The van der Waals surface area contributed by atoms with Crippen molar-refractivity contribution in [2.45, 2.75) is 18.4 Å². The number of methoxy groups -OCH3 is 1. The number of hydrogen-bond donors (Lipinski definition) is 2. The van der Waals surface area contributed by atoms with Gasteiger partial charge in [-0.25, -0.2) is 9.59 Å². The molecule has 4 rings (SSSR count). The summed E-state index contributed by atoms with van der Waals surface area (Å²) in [6.45, 7) is 0. The van der Waals surface area contributed by atoms with Gasteiger partial charge in [0, 0.05) is 5.92 Å². The molecule has 1 heterocycles. The van der Waals surface area contributed by atoms with E-state index in [4.69, 9.17) is 4.74 Å². The number of rotatable bonds is 3. The molecule has 3 atom stereocenters. The van der Waals surface area contributed by atoms with Gasteiger partial charge >= 0.3 is 11.9 Å². The average Bonchev–Trinajstić information content (AvgIpc) is 3.16. The van der Waals surface area contributed by atoms with E-state index >= 15 is 0 Å². The predicted octanol–water partition coefficient (Wildman–Crippen LogP) is 4.00. The maximum Gasteiger partial charge on any atom is 0.339 e. The number of carboxylic acids is 1. The molecule has 26 heavy (non-hydrogen) atoms. The first-order valence-corrected chi connectivity index (χ1v) is 8.58. The molecule has 0 radical (unpaired) electrons. The Labute approximate surface area is 151 Å². The lowest BCUT2D eigenvalue weighted by Gasteiger charge is -2.38. The molecule has 0 amide bonds. The standard InChI is InChI=1S/C21H19NO4/c1-26-21(25)17-11-5-10-14-12-8-4-9-13(12)18(22-19(14)17)15-6-2-3-7-16(15)20(23)24/h2-8,10-13,18,22H,9H2,1H3,(H,23,24)/t12-,13+,18-/m0/s1. The lowest BCUT2D eigenvalue weighted by atomic mass is 9.75. The number of carboxylic acid groups (broad SMARTS) is 1. The molecule has 132 valence electrons. The summed E-state index contributed by atoms with van der Waals surface area (Å²) < 4.78 is 4.93. The largest absolute Gasteiger partial charge is 0.478 e. The van der Waals surface area contributed by atoms with E-state index in [0.29, 0.717) is 5.56 Å². The first kappa shape index (κ1) is 16.4. The summed E-state index contributed by atoms with van der Waals surface area (Å²) in [5, 5.41) is 13.1. The number of hydrogen-bond acceptors (Lipinski definition) is 4. The Balaban J connectivity index is 1.87.